The van der Waals surface area contributed by atoms with E-state index in [-0.39, 0.29) is 5.82 Å². The molecule has 1 nitrogen and oxygen atoms in total. The first-order valence-corrected chi connectivity index (χ1v) is 5.27. The molecule has 0 bridgehead atoms. The quantitative estimate of drug-likeness (QED) is 0.723. The molecule has 76 valence electrons. The Hall–Kier alpha value is -0.890. The minimum Gasteiger partial charge on any atom is -0.307 e. The van der Waals surface area contributed by atoms with Crippen LogP contribution in [0.25, 0.3) is 0 Å². The second kappa shape index (κ2) is 4.09. The molecule has 0 aliphatic carbocycles. The lowest BCUT2D eigenvalue weighted by Crippen LogP contribution is -2.34. The van der Waals surface area contributed by atoms with Crippen LogP contribution in [0, 0.1) is 5.82 Å². The van der Waals surface area contributed by atoms with Crippen molar-refractivity contribution < 1.29 is 4.39 Å². The molecule has 2 unspecified atom stereocenters. The molecular formula is C12H16FN. The van der Waals surface area contributed by atoms with Gasteiger partial charge in [-0.25, -0.2) is 4.39 Å². The average molecular weight is 193 g/mol. The van der Waals surface area contributed by atoms with Gasteiger partial charge in [-0.05, 0) is 37.5 Å². The monoisotopic (exact) mass is 193 g/mol. The Balaban J connectivity index is 2.10. The van der Waals surface area contributed by atoms with Crippen LogP contribution in [0.4, 0.5) is 4.39 Å². The maximum absolute atomic E-state index is 12.7. The molecule has 1 aromatic rings. The third kappa shape index (κ3) is 2.13. The molecule has 0 spiro atoms. The van der Waals surface area contributed by atoms with Crippen molar-refractivity contribution in [1.29, 1.82) is 0 Å². The van der Waals surface area contributed by atoms with E-state index in [0.29, 0.717) is 12.1 Å². The highest BCUT2D eigenvalue weighted by Gasteiger charge is 2.18. The highest BCUT2D eigenvalue weighted by molar-refractivity contribution is 5.20. The summed E-state index contributed by atoms with van der Waals surface area (Å²) < 4.78 is 12.7. The highest BCUT2D eigenvalue weighted by Crippen LogP contribution is 2.25. The van der Waals surface area contributed by atoms with E-state index in [1.54, 1.807) is 0 Å². The Morgan fingerprint density at radius 1 is 1.21 bits per heavy atom. The fourth-order valence-electron chi connectivity index (χ4n) is 2.10. The van der Waals surface area contributed by atoms with Crippen LogP contribution >= 0.6 is 0 Å². The van der Waals surface area contributed by atoms with Crippen LogP contribution in [0.15, 0.2) is 24.3 Å². The van der Waals surface area contributed by atoms with Gasteiger partial charge < -0.3 is 5.32 Å². The van der Waals surface area contributed by atoms with Gasteiger partial charge in [0.2, 0.25) is 0 Å². The molecule has 0 radical (unpaired) electrons. The van der Waals surface area contributed by atoms with Crippen LogP contribution < -0.4 is 5.32 Å². The van der Waals surface area contributed by atoms with Gasteiger partial charge in [0.15, 0.2) is 0 Å². The fraction of sp³-hybridized carbons (Fsp3) is 0.500. The van der Waals surface area contributed by atoms with E-state index in [0.717, 1.165) is 6.42 Å². The van der Waals surface area contributed by atoms with Crippen molar-refractivity contribution in [2.24, 2.45) is 0 Å². The Morgan fingerprint density at radius 3 is 2.57 bits per heavy atom. The van der Waals surface area contributed by atoms with Crippen molar-refractivity contribution in [1.82, 2.24) is 5.32 Å². The fourth-order valence-corrected chi connectivity index (χ4v) is 2.10. The van der Waals surface area contributed by atoms with Gasteiger partial charge in [0.05, 0.1) is 0 Å². The standard InChI is InChI=1S/C12H16FN/c1-9-3-2-4-12(14-9)10-5-7-11(13)8-6-10/h5-9,12,14H,2-4H2,1H3. The van der Waals surface area contributed by atoms with Gasteiger partial charge in [0.1, 0.15) is 5.82 Å². The summed E-state index contributed by atoms with van der Waals surface area (Å²) in [6.45, 7) is 2.20. The van der Waals surface area contributed by atoms with Crippen molar-refractivity contribution in [2.45, 2.75) is 38.3 Å². The maximum atomic E-state index is 12.7. The zero-order chi connectivity index (χ0) is 9.97. The Morgan fingerprint density at radius 2 is 1.93 bits per heavy atom. The molecule has 2 heteroatoms. The molecule has 2 atom stereocenters. The molecule has 1 aliphatic heterocycles. The van der Waals surface area contributed by atoms with Crippen LogP contribution in [0.5, 0.6) is 0 Å². The van der Waals surface area contributed by atoms with Gasteiger partial charge in [-0.3, -0.25) is 0 Å². The number of piperidine rings is 1. The second-order valence-electron chi connectivity index (χ2n) is 4.10. The SMILES string of the molecule is CC1CCCC(c2ccc(F)cc2)N1. The maximum Gasteiger partial charge on any atom is 0.123 e. The first kappa shape index (κ1) is 9.66. The van der Waals surface area contributed by atoms with Crippen molar-refractivity contribution in [3.05, 3.63) is 35.6 Å². The molecule has 0 aromatic heterocycles. The molecule has 1 saturated heterocycles. The molecule has 1 aliphatic rings. The first-order valence-electron chi connectivity index (χ1n) is 5.27. The van der Waals surface area contributed by atoms with Crippen LogP contribution in [0.1, 0.15) is 37.8 Å². The first-order chi connectivity index (χ1) is 6.75. The summed E-state index contributed by atoms with van der Waals surface area (Å²) in [6.07, 6.45) is 3.67. The van der Waals surface area contributed by atoms with Gasteiger partial charge in [0, 0.05) is 12.1 Å². The summed E-state index contributed by atoms with van der Waals surface area (Å²) in [4.78, 5) is 0. The lowest BCUT2D eigenvalue weighted by atomic mass is 9.94. The number of benzene rings is 1. The normalized spacial score (nSPS) is 27.6. The summed E-state index contributed by atoms with van der Waals surface area (Å²) in [6, 6.07) is 7.83. The van der Waals surface area contributed by atoms with Crippen LogP contribution in [0.3, 0.4) is 0 Å². The van der Waals surface area contributed by atoms with Crippen LogP contribution in [-0.4, -0.2) is 6.04 Å². The largest absolute Gasteiger partial charge is 0.307 e. The van der Waals surface area contributed by atoms with Gasteiger partial charge in [-0.2, -0.15) is 0 Å². The van der Waals surface area contributed by atoms with Crippen molar-refractivity contribution in [2.75, 3.05) is 0 Å². The zero-order valence-corrected chi connectivity index (χ0v) is 8.46. The van der Waals surface area contributed by atoms with Crippen LogP contribution in [-0.2, 0) is 0 Å². The minimum absolute atomic E-state index is 0.155. The predicted octanol–water partition coefficient (Wildman–Crippen LogP) is 3.03. The predicted molar refractivity (Wildman–Crippen MR) is 55.6 cm³/mol. The van der Waals surface area contributed by atoms with E-state index in [4.69, 9.17) is 0 Å². The van der Waals surface area contributed by atoms with Crippen molar-refractivity contribution >= 4 is 0 Å². The third-order valence-electron chi connectivity index (χ3n) is 2.89. The Kier molecular flexibility index (Phi) is 2.82. The number of hydrogen-bond donors (Lipinski definition) is 1. The van der Waals surface area contributed by atoms with Gasteiger partial charge in [-0.1, -0.05) is 18.6 Å². The van der Waals surface area contributed by atoms with E-state index in [1.165, 1.54) is 30.5 Å². The molecular weight excluding hydrogens is 177 g/mol. The molecule has 1 N–H and O–H groups in total. The lowest BCUT2D eigenvalue weighted by Gasteiger charge is -2.29. The topological polar surface area (TPSA) is 12.0 Å². The smallest absolute Gasteiger partial charge is 0.123 e. The molecule has 1 heterocycles. The molecule has 2 rings (SSSR count). The third-order valence-corrected chi connectivity index (χ3v) is 2.89. The summed E-state index contributed by atoms with van der Waals surface area (Å²) >= 11 is 0. The highest BCUT2D eigenvalue weighted by atomic mass is 19.1. The summed E-state index contributed by atoms with van der Waals surface area (Å²) in [7, 11) is 0. The van der Waals surface area contributed by atoms with E-state index >= 15 is 0 Å². The van der Waals surface area contributed by atoms with Crippen molar-refractivity contribution in [3.63, 3.8) is 0 Å². The Labute approximate surface area is 84.3 Å². The average Bonchev–Trinajstić information content (AvgIpc) is 2.19. The number of hydrogen-bond acceptors (Lipinski definition) is 1. The molecule has 0 saturated carbocycles. The molecule has 14 heavy (non-hydrogen) atoms. The number of rotatable bonds is 1. The summed E-state index contributed by atoms with van der Waals surface area (Å²) in [5.74, 6) is -0.155. The van der Waals surface area contributed by atoms with Crippen LogP contribution in [0.2, 0.25) is 0 Å². The van der Waals surface area contributed by atoms with E-state index in [1.807, 2.05) is 12.1 Å². The summed E-state index contributed by atoms with van der Waals surface area (Å²) in [5.41, 5.74) is 1.21. The Bertz CT molecular complexity index is 294. The number of nitrogens with one attached hydrogen (secondary N) is 1. The summed E-state index contributed by atoms with van der Waals surface area (Å²) in [5, 5.41) is 3.53. The van der Waals surface area contributed by atoms with E-state index in [9.17, 15) is 4.39 Å². The second-order valence-corrected chi connectivity index (χ2v) is 4.10. The molecule has 0 amide bonds. The van der Waals surface area contributed by atoms with Gasteiger partial charge >= 0.3 is 0 Å². The van der Waals surface area contributed by atoms with Gasteiger partial charge in [0.25, 0.3) is 0 Å². The van der Waals surface area contributed by atoms with E-state index < -0.39 is 0 Å². The lowest BCUT2D eigenvalue weighted by molar-refractivity contribution is 0.341. The molecule has 1 aromatic carbocycles. The zero-order valence-electron chi connectivity index (χ0n) is 8.46. The molecule has 1 fully saturated rings. The van der Waals surface area contributed by atoms with E-state index in [2.05, 4.69) is 12.2 Å². The van der Waals surface area contributed by atoms with Crippen molar-refractivity contribution in [3.8, 4) is 0 Å². The van der Waals surface area contributed by atoms with Gasteiger partial charge in [-0.15, -0.1) is 0 Å². The minimum atomic E-state index is -0.155. The number of halogens is 1.